The largest absolute Gasteiger partial charge is 0.331 e. The number of aromatic nitrogens is 2. The van der Waals surface area contributed by atoms with Crippen LogP contribution in [0.2, 0.25) is 0 Å². The molecule has 1 aromatic carbocycles. The fraction of sp³-hybridized carbons (Fsp3) is 0.364. The predicted octanol–water partition coefficient (Wildman–Crippen LogP) is 2.86. The first-order valence-corrected chi connectivity index (χ1v) is 11.4. The van der Waals surface area contributed by atoms with Crippen molar-refractivity contribution in [2.24, 2.45) is 0 Å². The molecule has 0 N–H and O–H groups in total. The minimum atomic E-state index is -4.05. The van der Waals surface area contributed by atoms with E-state index in [9.17, 15) is 18.0 Å². The van der Waals surface area contributed by atoms with E-state index < -0.39 is 21.3 Å². The highest BCUT2D eigenvalue weighted by Crippen LogP contribution is 2.25. The van der Waals surface area contributed by atoms with Crippen LogP contribution in [0.4, 0.5) is 5.69 Å². The number of allylic oxidation sites excluding steroid dienone is 1. The van der Waals surface area contributed by atoms with Crippen molar-refractivity contribution in [3.05, 3.63) is 81.7 Å². The lowest BCUT2D eigenvalue weighted by atomic mass is 10.2. The number of anilines is 1. The van der Waals surface area contributed by atoms with Crippen LogP contribution in [0.25, 0.3) is 0 Å². The van der Waals surface area contributed by atoms with E-state index in [2.05, 4.69) is 13.2 Å². The van der Waals surface area contributed by atoms with Crippen molar-refractivity contribution >= 4 is 15.7 Å². The van der Waals surface area contributed by atoms with Crippen LogP contribution in [-0.4, -0.2) is 24.1 Å². The summed E-state index contributed by atoms with van der Waals surface area (Å²) in [5.41, 5.74) is 0.171. The van der Waals surface area contributed by atoms with Gasteiger partial charge < -0.3 is 0 Å². The molecule has 7 nitrogen and oxygen atoms in total. The molecule has 0 aliphatic carbocycles. The standard InChI is InChI=1S/C22H29N3O4S/c1-6-10-16-25(30(28,29)18-14-12-17(5)13-15-18)20-19(11-7-2)23(8-3)22(27)24(9-4)21(20)26/h6-7,12-15H,1-2,8-11,16H2,3-5H3. The molecular formula is C22H29N3O4S. The van der Waals surface area contributed by atoms with Gasteiger partial charge in [0, 0.05) is 26.1 Å². The third-order valence-corrected chi connectivity index (χ3v) is 6.69. The van der Waals surface area contributed by atoms with Crippen LogP contribution >= 0.6 is 0 Å². The Morgan fingerprint density at radius 3 is 2.10 bits per heavy atom. The van der Waals surface area contributed by atoms with Crippen molar-refractivity contribution in [1.82, 2.24) is 9.13 Å². The fourth-order valence-corrected chi connectivity index (χ4v) is 4.83. The van der Waals surface area contributed by atoms with Gasteiger partial charge in [-0.15, -0.1) is 13.2 Å². The van der Waals surface area contributed by atoms with Crippen molar-refractivity contribution in [3.63, 3.8) is 0 Å². The average Bonchev–Trinajstić information content (AvgIpc) is 2.71. The number of hydrogen-bond donors (Lipinski definition) is 0. The summed E-state index contributed by atoms with van der Waals surface area (Å²) in [6.45, 7) is 13.2. The minimum absolute atomic E-state index is 0.0133. The van der Waals surface area contributed by atoms with E-state index >= 15 is 0 Å². The molecule has 0 aliphatic rings. The maximum Gasteiger partial charge on any atom is 0.331 e. The first-order valence-electron chi connectivity index (χ1n) is 9.92. The average molecular weight is 432 g/mol. The van der Waals surface area contributed by atoms with Crippen molar-refractivity contribution < 1.29 is 8.42 Å². The predicted molar refractivity (Wildman–Crippen MR) is 121 cm³/mol. The lowest BCUT2D eigenvalue weighted by Crippen LogP contribution is -2.46. The smallest absolute Gasteiger partial charge is 0.295 e. The molecule has 0 atom stereocenters. The molecule has 2 rings (SSSR count). The number of sulfonamides is 1. The Kier molecular flexibility index (Phi) is 7.61. The van der Waals surface area contributed by atoms with Gasteiger partial charge in [0.15, 0.2) is 0 Å². The molecule has 1 heterocycles. The van der Waals surface area contributed by atoms with E-state index in [1.807, 2.05) is 6.92 Å². The highest BCUT2D eigenvalue weighted by molar-refractivity contribution is 7.92. The fourth-order valence-electron chi connectivity index (χ4n) is 3.32. The molecule has 1 aromatic heterocycles. The second kappa shape index (κ2) is 9.75. The zero-order valence-electron chi connectivity index (χ0n) is 17.8. The summed E-state index contributed by atoms with van der Waals surface area (Å²) >= 11 is 0. The van der Waals surface area contributed by atoms with E-state index in [0.29, 0.717) is 18.7 Å². The minimum Gasteiger partial charge on any atom is -0.295 e. The van der Waals surface area contributed by atoms with E-state index in [1.165, 1.54) is 16.7 Å². The van der Waals surface area contributed by atoms with Crippen LogP contribution in [0.5, 0.6) is 0 Å². The Hall–Kier alpha value is -2.87. The summed E-state index contributed by atoms with van der Waals surface area (Å²) in [7, 11) is -4.05. The van der Waals surface area contributed by atoms with E-state index in [4.69, 9.17) is 0 Å². The van der Waals surface area contributed by atoms with Gasteiger partial charge in [-0.2, -0.15) is 0 Å². The van der Waals surface area contributed by atoms with Crippen LogP contribution in [0, 0.1) is 6.92 Å². The van der Waals surface area contributed by atoms with Crippen LogP contribution in [-0.2, 0) is 29.5 Å². The van der Waals surface area contributed by atoms with Crippen molar-refractivity contribution in [2.75, 3.05) is 10.8 Å². The molecule has 0 saturated heterocycles. The van der Waals surface area contributed by atoms with Crippen molar-refractivity contribution in [3.8, 4) is 0 Å². The topological polar surface area (TPSA) is 81.4 Å². The Morgan fingerprint density at radius 1 is 1.00 bits per heavy atom. The first kappa shape index (κ1) is 23.4. The maximum absolute atomic E-state index is 13.6. The molecule has 0 aliphatic heterocycles. The Bertz CT molecular complexity index is 1140. The van der Waals surface area contributed by atoms with Gasteiger partial charge in [-0.25, -0.2) is 13.2 Å². The molecule has 2 aromatic rings. The van der Waals surface area contributed by atoms with Crippen LogP contribution in [0.15, 0.2) is 64.1 Å². The molecule has 0 fully saturated rings. The summed E-state index contributed by atoms with van der Waals surface area (Å²) in [5.74, 6) is 0. The Balaban J connectivity index is 2.92. The molecule has 0 amide bonds. The van der Waals surface area contributed by atoms with Gasteiger partial charge in [0.05, 0.1) is 10.6 Å². The highest BCUT2D eigenvalue weighted by atomic mass is 32.2. The summed E-state index contributed by atoms with van der Waals surface area (Å²) in [4.78, 5) is 26.2. The van der Waals surface area contributed by atoms with Crippen LogP contribution in [0.3, 0.4) is 0 Å². The van der Waals surface area contributed by atoms with Crippen LogP contribution < -0.4 is 15.6 Å². The third-order valence-electron chi connectivity index (χ3n) is 4.87. The number of rotatable bonds is 10. The Labute approximate surface area is 177 Å². The van der Waals surface area contributed by atoms with Crippen molar-refractivity contribution in [1.29, 1.82) is 0 Å². The summed E-state index contributed by atoms with van der Waals surface area (Å²) < 4.78 is 30.8. The monoisotopic (exact) mass is 431 g/mol. The van der Waals surface area contributed by atoms with Gasteiger partial charge in [-0.3, -0.25) is 18.2 Å². The second-order valence-electron chi connectivity index (χ2n) is 6.83. The molecule has 0 unspecified atom stereocenters. The van der Waals surface area contributed by atoms with E-state index in [1.54, 1.807) is 38.1 Å². The molecule has 30 heavy (non-hydrogen) atoms. The zero-order valence-corrected chi connectivity index (χ0v) is 18.6. The van der Waals surface area contributed by atoms with Crippen molar-refractivity contribution in [2.45, 2.75) is 51.6 Å². The number of nitrogens with zero attached hydrogens (tertiary/aromatic N) is 3. The molecular weight excluding hydrogens is 402 g/mol. The molecule has 0 saturated carbocycles. The molecule has 8 heteroatoms. The third kappa shape index (κ3) is 4.33. The number of aryl methyl sites for hydroxylation is 1. The molecule has 162 valence electrons. The van der Waals surface area contributed by atoms with Gasteiger partial charge >= 0.3 is 5.69 Å². The van der Waals surface area contributed by atoms with E-state index in [0.717, 1.165) is 14.4 Å². The zero-order chi connectivity index (χ0) is 22.5. The number of hydrogen-bond acceptors (Lipinski definition) is 4. The normalized spacial score (nSPS) is 11.3. The van der Waals surface area contributed by atoms with Gasteiger partial charge in [0.1, 0.15) is 5.69 Å². The van der Waals surface area contributed by atoms with E-state index in [-0.39, 0.29) is 30.1 Å². The lowest BCUT2D eigenvalue weighted by Gasteiger charge is -2.27. The van der Waals surface area contributed by atoms with Gasteiger partial charge in [0.2, 0.25) is 0 Å². The summed E-state index contributed by atoms with van der Waals surface area (Å²) in [6, 6.07) is 6.46. The highest BCUT2D eigenvalue weighted by Gasteiger charge is 2.31. The quantitative estimate of drug-likeness (QED) is 0.542. The summed E-state index contributed by atoms with van der Waals surface area (Å²) in [5, 5.41) is 0. The number of benzene rings is 1. The SMILES string of the molecule is C=CCCN(c1c(CC=C)n(CC)c(=O)n(CC)c1=O)S(=O)(=O)c1ccc(C)cc1. The Morgan fingerprint density at radius 2 is 1.60 bits per heavy atom. The summed E-state index contributed by atoms with van der Waals surface area (Å²) in [6.07, 6.45) is 3.69. The van der Waals surface area contributed by atoms with Gasteiger partial charge in [-0.1, -0.05) is 29.8 Å². The molecule has 0 radical (unpaired) electrons. The second-order valence-corrected chi connectivity index (χ2v) is 8.69. The molecule has 0 spiro atoms. The lowest BCUT2D eigenvalue weighted by molar-refractivity contribution is 0.563. The molecule has 0 bridgehead atoms. The van der Waals surface area contributed by atoms with Gasteiger partial charge in [0.25, 0.3) is 15.6 Å². The van der Waals surface area contributed by atoms with Gasteiger partial charge in [-0.05, 0) is 39.3 Å². The first-order chi connectivity index (χ1) is 14.2. The van der Waals surface area contributed by atoms with Crippen LogP contribution in [0.1, 0.15) is 31.5 Å². The maximum atomic E-state index is 13.6.